The fourth-order valence-electron chi connectivity index (χ4n) is 3.35. The summed E-state index contributed by atoms with van der Waals surface area (Å²) in [6, 6.07) is 12.2. The SMILES string of the molecule is S=c1cc(-c2ccccc2)[nH]c(C2CC3CCC2O3)n1. The van der Waals surface area contributed by atoms with Crippen LogP contribution in [0.25, 0.3) is 11.3 Å². The highest BCUT2D eigenvalue weighted by Crippen LogP contribution is 2.43. The highest BCUT2D eigenvalue weighted by molar-refractivity contribution is 7.71. The summed E-state index contributed by atoms with van der Waals surface area (Å²) in [5, 5.41) is 0. The Morgan fingerprint density at radius 1 is 1.20 bits per heavy atom. The number of ether oxygens (including phenoxy) is 1. The quantitative estimate of drug-likeness (QED) is 0.851. The summed E-state index contributed by atoms with van der Waals surface area (Å²) < 4.78 is 6.58. The van der Waals surface area contributed by atoms with Crippen molar-refractivity contribution in [1.29, 1.82) is 0 Å². The standard InChI is InChI=1S/C16H16N2OS/c20-15-9-13(10-4-2-1-3-5-10)17-16(18-15)12-8-11-6-7-14(12)19-11/h1-5,9,11-12,14H,6-8H2,(H,17,18,20). The molecule has 1 aromatic heterocycles. The molecule has 2 saturated heterocycles. The topological polar surface area (TPSA) is 37.9 Å². The molecule has 0 aliphatic carbocycles. The Morgan fingerprint density at radius 3 is 2.75 bits per heavy atom. The molecule has 3 atom stereocenters. The van der Waals surface area contributed by atoms with Crippen molar-refractivity contribution in [1.82, 2.24) is 9.97 Å². The fraction of sp³-hybridized carbons (Fsp3) is 0.375. The second-order valence-corrected chi connectivity index (χ2v) is 6.02. The lowest BCUT2D eigenvalue weighted by Crippen LogP contribution is -2.17. The molecule has 3 heterocycles. The van der Waals surface area contributed by atoms with Crippen molar-refractivity contribution >= 4 is 12.2 Å². The van der Waals surface area contributed by atoms with E-state index in [4.69, 9.17) is 17.0 Å². The van der Waals surface area contributed by atoms with E-state index in [0.29, 0.717) is 22.8 Å². The molecule has 2 aromatic rings. The maximum Gasteiger partial charge on any atom is 0.130 e. The van der Waals surface area contributed by atoms with E-state index in [1.54, 1.807) is 0 Å². The van der Waals surface area contributed by atoms with Crippen LogP contribution in [0.2, 0.25) is 0 Å². The summed E-state index contributed by atoms with van der Waals surface area (Å²) in [7, 11) is 0. The number of fused-ring (bicyclic) bond motifs is 2. The van der Waals surface area contributed by atoms with Gasteiger partial charge in [-0.2, -0.15) is 0 Å². The summed E-state index contributed by atoms with van der Waals surface area (Å²) in [5.41, 5.74) is 2.19. The van der Waals surface area contributed by atoms with Gasteiger partial charge < -0.3 is 9.72 Å². The lowest BCUT2D eigenvalue weighted by Gasteiger charge is -2.18. The van der Waals surface area contributed by atoms with E-state index in [0.717, 1.165) is 29.9 Å². The van der Waals surface area contributed by atoms with Gasteiger partial charge in [-0.3, -0.25) is 0 Å². The van der Waals surface area contributed by atoms with E-state index in [2.05, 4.69) is 22.1 Å². The van der Waals surface area contributed by atoms with Crippen molar-refractivity contribution in [2.24, 2.45) is 0 Å². The number of rotatable bonds is 2. The number of H-pyrrole nitrogens is 1. The molecule has 3 unspecified atom stereocenters. The van der Waals surface area contributed by atoms with Gasteiger partial charge in [-0.05, 0) is 30.9 Å². The maximum atomic E-state index is 5.93. The first-order valence-electron chi connectivity index (χ1n) is 7.12. The molecular formula is C16H16N2OS. The van der Waals surface area contributed by atoms with Gasteiger partial charge in [-0.1, -0.05) is 42.5 Å². The van der Waals surface area contributed by atoms with Crippen LogP contribution < -0.4 is 0 Å². The number of aromatic amines is 1. The van der Waals surface area contributed by atoms with Gasteiger partial charge in [-0.25, -0.2) is 4.98 Å². The van der Waals surface area contributed by atoms with Gasteiger partial charge in [0, 0.05) is 11.6 Å². The molecule has 0 spiro atoms. The molecule has 4 heteroatoms. The average Bonchev–Trinajstić information content (AvgIpc) is 3.10. The molecular weight excluding hydrogens is 268 g/mol. The zero-order chi connectivity index (χ0) is 13.5. The van der Waals surface area contributed by atoms with Gasteiger partial charge >= 0.3 is 0 Å². The largest absolute Gasteiger partial charge is 0.374 e. The van der Waals surface area contributed by atoms with Gasteiger partial charge in [0.25, 0.3) is 0 Å². The fourth-order valence-corrected chi connectivity index (χ4v) is 3.57. The van der Waals surface area contributed by atoms with Crippen LogP contribution in [0.1, 0.15) is 31.0 Å². The molecule has 20 heavy (non-hydrogen) atoms. The molecule has 2 aliphatic heterocycles. The second-order valence-electron chi connectivity index (χ2n) is 5.60. The van der Waals surface area contributed by atoms with Crippen LogP contribution in [0, 0.1) is 4.64 Å². The Morgan fingerprint density at radius 2 is 2.05 bits per heavy atom. The van der Waals surface area contributed by atoms with Gasteiger partial charge in [0.15, 0.2) is 0 Å². The summed E-state index contributed by atoms with van der Waals surface area (Å²) in [6.45, 7) is 0. The molecule has 3 nitrogen and oxygen atoms in total. The first-order valence-corrected chi connectivity index (χ1v) is 7.52. The molecule has 2 bridgehead atoms. The van der Waals surface area contributed by atoms with Crippen molar-refractivity contribution < 1.29 is 4.74 Å². The first kappa shape index (κ1) is 12.2. The molecule has 0 amide bonds. The Balaban J connectivity index is 1.75. The Bertz CT molecular complexity index is 682. The zero-order valence-corrected chi connectivity index (χ0v) is 11.9. The van der Waals surface area contributed by atoms with Crippen LogP contribution in [0.4, 0.5) is 0 Å². The van der Waals surface area contributed by atoms with Crippen molar-refractivity contribution in [2.75, 3.05) is 0 Å². The van der Waals surface area contributed by atoms with Gasteiger partial charge in [0.1, 0.15) is 10.5 Å². The predicted octanol–water partition coefficient (Wildman–Crippen LogP) is 3.84. The number of nitrogens with one attached hydrogen (secondary N) is 1. The van der Waals surface area contributed by atoms with Crippen molar-refractivity contribution in [3.8, 4) is 11.3 Å². The first-order chi connectivity index (χ1) is 9.79. The third kappa shape index (κ3) is 2.09. The molecule has 2 fully saturated rings. The monoisotopic (exact) mass is 284 g/mol. The molecule has 0 saturated carbocycles. The Hall–Kier alpha value is -1.52. The zero-order valence-electron chi connectivity index (χ0n) is 11.1. The Kier molecular flexibility index (Phi) is 2.93. The number of benzene rings is 1. The van der Waals surface area contributed by atoms with Crippen LogP contribution in [-0.4, -0.2) is 22.2 Å². The number of aromatic nitrogens is 2. The van der Waals surface area contributed by atoms with Crippen LogP contribution in [0.3, 0.4) is 0 Å². The Labute approximate surface area is 123 Å². The third-order valence-electron chi connectivity index (χ3n) is 4.30. The molecule has 1 aromatic carbocycles. The smallest absolute Gasteiger partial charge is 0.130 e. The van der Waals surface area contributed by atoms with Crippen molar-refractivity contribution in [2.45, 2.75) is 37.4 Å². The van der Waals surface area contributed by atoms with Gasteiger partial charge in [0.2, 0.25) is 0 Å². The lowest BCUT2D eigenvalue weighted by atomic mass is 9.88. The van der Waals surface area contributed by atoms with Crippen LogP contribution in [-0.2, 0) is 4.74 Å². The van der Waals surface area contributed by atoms with Crippen LogP contribution in [0.15, 0.2) is 36.4 Å². The lowest BCUT2D eigenvalue weighted by molar-refractivity contribution is 0.0999. The molecule has 2 aliphatic rings. The maximum absolute atomic E-state index is 5.93. The normalized spacial score (nSPS) is 27.9. The number of hydrogen-bond donors (Lipinski definition) is 1. The third-order valence-corrected chi connectivity index (χ3v) is 4.51. The summed E-state index contributed by atoms with van der Waals surface area (Å²) in [6.07, 6.45) is 4.16. The number of nitrogens with zero attached hydrogens (tertiary/aromatic N) is 1. The van der Waals surface area contributed by atoms with Crippen molar-refractivity contribution in [3.05, 3.63) is 46.9 Å². The van der Waals surface area contributed by atoms with Crippen LogP contribution >= 0.6 is 12.2 Å². The molecule has 0 radical (unpaired) electrons. The minimum absolute atomic E-state index is 0.323. The molecule has 4 rings (SSSR count). The highest BCUT2D eigenvalue weighted by atomic mass is 32.1. The van der Waals surface area contributed by atoms with Gasteiger partial charge in [0.05, 0.1) is 12.2 Å². The van der Waals surface area contributed by atoms with E-state index in [9.17, 15) is 0 Å². The van der Waals surface area contributed by atoms with E-state index in [1.165, 1.54) is 6.42 Å². The molecule has 1 N–H and O–H groups in total. The van der Waals surface area contributed by atoms with E-state index < -0.39 is 0 Å². The van der Waals surface area contributed by atoms with E-state index in [-0.39, 0.29) is 0 Å². The average molecular weight is 284 g/mol. The minimum atomic E-state index is 0.323. The summed E-state index contributed by atoms with van der Waals surface area (Å²) >= 11 is 5.34. The van der Waals surface area contributed by atoms with Crippen molar-refractivity contribution in [3.63, 3.8) is 0 Å². The summed E-state index contributed by atoms with van der Waals surface area (Å²) in [5.74, 6) is 1.36. The van der Waals surface area contributed by atoms with E-state index in [1.807, 2.05) is 24.3 Å². The highest BCUT2D eigenvalue weighted by Gasteiger charge is 2.42. The minimum Gasteiger partial charge on any atom is -0.374 e. The second kappa shape index (κ2) is 4.79. The number of hydrogen-bond acceptors (Lipinski definition) is 3. The van der Waals surface area contributed by atoms with Crippen LogP contribution in [0.5, 0.6) is 0 Å². The van der Waals surface area contributed by atoms with Gasteiger partial charge in [-0.15, -0.1) is 0 Å². The van der Waals surface area contributed by atoms with E-state index >= 15 is 0 Å². The molecule has 102 valence electrons. The summed E-state index contributed by atoms with van der Waals surface area (Å²) in [4.78, 5) is 8.01. The predicted molar refractivity (Wildman–Crippen MR) is 80.1 cm³/mol.